The average molecular weight is 280 g/mol. The van der Waals surface area contributed by atoms with E-state index >= 15 is 0 Å². The first kappa shape index (κ1) is 16.4. The maximum absolute atomic E-state index is 13.1. The van der Waals surface area contributed by atoms with Crippen LogP contribution in [0, 0.1) is 18.7 Å². The lowest BCUT2D eigenvalue weighted by molar-refractivity contribution is -0.144. The van der Waals surface area contributed by atoms with Crippen LogP contribution in [0.25, 0.3) is 5.57 Å². The second-order valence-corrected chi connectivity index (χ2v) is 4.85. The molecule has 20 heavy (non-hydrogen) atoms. The second-order valence-electron chi connectivity index (χ2n) is 4.85. The van der Waals surface area contributed by atoms with Crippen molar-refractivity contribution in [1.29, 1.82) is 0 Å². The topological polar surface area (TPSA) is 46.5 Å². The van der Waals surface area contributed by atoms with Crippen molar-refractivity contribution in [3.8, 4) is 0 Å². The highest BCUT2D eigenvalue weighted by molar-refractivity contribution is 5.69. The van der Waals surface area contributed by atoms with E-state index in [4.69, 9.17) is 4.74 Å². The molecule has 0 spiro atoms. The van der Waals surface area contributed by atoms with Crippen LogP contribution < -0.4 is 0 Å². The Morgan fingerprint density at radius 2 is 2.20 bits per heavy atom. The normalized spacial score (nSPS) is 12.0. The highest BCUT2D eigenvalue weighted by Crippen LogP contribution is 2.24. The molecule has 0 saturated heterocycles. The van der Waals surface area contributed by atoms with E-state index in [0.29, 0.717) is 12.8 Å². The molecule has 0 saturated carbocycles. The molecule has 0 aromatic heterocycles. The van der Waals surface area contributed by atoms with Crippen LogP contribution in [0.5, 0.6) is 0 Å². The highest BCUT2D eigenvalue weighted by atomic mass is 19.1. The van der Waals surface area contributed by atoms with E-state index in [1.165, 1.54) is 12.1 Å². The maximum atomic E-state index is 13.1. The number of carbonyl (C=O) groups is 1. The molecule has 0 bridgehead atoms. The van der Waals surface area contributed by atoms with Crippen molar-refractivity contribution >= 4 is 11.5 Å². The Morgan fingerprint density at radius 1 is 1.50 bits per heavy atom. The predicted octanol–water partition coefficient (Wildman–Crippen LogP) is 3.10. The first-order chi connectivity index (χ1) is 9.47. The van der Waals surface area contributed by atoms with Crippen LogP contribution in [-0.2, 0) is 9.53 Å². The van der Waals surface area contributed by atoms with Crippen molar-refractivity contribution < 1.29 is 19.0 Å². The van der Waals surface area contributed by atoms with Gasteiger partial charge in [0.15, 0.2) is 0 Å². The SMILES string of the molecule is C=C(C[C@@H](CO)COC(=O)CC)c1ccc(F)cc1C. The zero-order valence-electron chi connectivity index (χ0n) is 12.0. The summed E-state index contributed by atoms with van der Waals surface area (Å²) in [5.74, 6) is -0.760. The summed E-state index contributed by atoms with van der Waals surface area (Å²) in [6, 6.07) is 4.52. The van der Waals surface area contributed by atoms with E-state index in [-0.39, 0.29) is 30.9 Å². The number of halogens is 1. The number of allylic oxidation sites excluding steroid dienone is 1. The second kappa shape index (κ2) is 7.80. The Hall–Kier alpha value is -1.68. The summed E-state index contributed by atoms with van der Waals surface area (Å²) in [5, 5.41) is 9.33. The molecular formula is C16H21FO3. The molecule has 1 atom stereocenters. The summed E-state index contributed by atoms with van der Waals surface area (Å²) in [5.41, 5.74) is 2.47. The summed E-state index contributed by atoms with van der Waals surface area (Å²) in [4.78, 5) is 11.1. The van der Waals surface area contributed by atoms with Gasteiger partial charge in [0.1, 0.15) is 5.82 Å². The summed E-state index contributed by atoms with van der Waals surface area (Å²) in [7, 11) is 0. The number of aliphatic hydroxyl groups is 1. The Bertz CT molecular complexity index is 483. The average Bonchev–Trinajstić information content (AvgIpc) is 2.42. The van der Waals surface area contributed by atoms with Crippen LogP contribution >= 0.6 is 0 Å². The van der Waals surface area contributed by atoms with Crippen LogP contribution in [0.4, 0.5) is 4.39 Å². The van der Waals surface area contributed by atoms with Gasteiger partial charge in [0.2, 0.25) is 0 Å². The lowest BCUT2D eigenvalue weighted by atomic mass is 9.93. The molecule has 1 aromatic rings. The third-order valence-corrected chi connectivity index (χ3v) is 3.13. The quantitative estimate of drug-likeness (QED) is 0.781. The molecule has 0 aliphatic heterocycles. The van der Waals surface area contributed by atoms with E-state index in [1.54, 1.807) is 13.0 Å². The molecule has 0 aliphatic rings. The molecule has 1 N–H and O–H groups in total. The Labute approximate surface area is 119 Å². The molecule has 0 fully saturated rings. The number of hydrogen-bond donors (Lipinski definition) is 1. The number of aryl methyl sites for hydroxylation is 1. The van der Waals surface area contributed by atoms with E-state index in [1.807, 2.05) is 6.92 Å². The number of benzene rings is 1. The predicted molar refractivity (Wildman–Crippen MR) is 76.6 cm³/mol. The largest absolute Gasteiger partial charge is 0.465 e. The molecule has 0 amide bonds. The van der Waals surface area contributed by atoms with Crippen LogP contribution in [-0.4, -0.2) is 24.3 Å². The standard InChI is InChI=1S/C16H21FO3/c1-4-16(19)20-10-13(9-18)7-11(2)15-6-5-14(17)8-12(15)3/h5-6,8,13,18H,2,4,7,9-10H2,1,3H3/t13-/m0/s1. The Kier molecular flexibility index (Phi) is 6.39. The number of hydrogen-bond acceptors (Lipinski definition) is 3. The minimum absolute atomic E-state index is 0.0870. The van der Waals surface area contributed by atoms with Crippen LogP contribution in [0.3, 0.4) is 0 Å². The van der Waals surface area contributed by atoms with Gasteiger partial charge in [-0.05, 0) is 42.2 Å². The zero-order valence-corrected chi connectivity index (χ0v) is 12.0. The fourth-order valence-electron chi connectivity index (χ4n) is 1.97. The van der Waals surface area contributed by atoms with Gasteiger partial charge in [0.05, 0.1) is 6.61 Å². The molecule has 0 heterocycles. The molecule has 0 unspecified atom stereocenters. The van der Waals surface area contributed by atoms with Crippen molar-refractivity contribution in [2.45, 2.75) is 26.7 Å². The minimum atomic E-state index is -0.285. The van der Waals surface area contributed by atoms with Crippen molar-refractivity contribution in [3.63, 3.8) is 0 Å². The van der Waals surface area contributed by atoms with E-state index < -0.39 is 0 Å². The minimum Gasteiger partial charge on any atom is -0.465 e. The summed E-state index contributed by atoms with van der Waals surface area (Å²) < 4.78 is 18.1. The van der Waals surface area contributed by atoms with E-state index in [2.05, 4.69) is 6.58 Å². The monoisotopic (exact) mass is 280 g/mol. The summed E-state index contributed by atoms with van der Waals surface area (Å²) in [6.45, 7) is 7.59. The third kappa shape index (κ3) is 4.78. The smallest absolute Gasteiger partial charge is 0.305 e. The van der Waals surface area contributed by atoms with Gasteiger partial charge in [-0.2, -0.15) is 0 Å². The van der Waals surface area contributed by atoms with Crippen LogP contribution in [0.2, 0.25) is 0 Å². The van der Waals surface area contributed by atoms with Gasteiger partial charge in [-0.15, -0.1) is 0 Å². The maximum Gasteiger partial charge on any atom is 0.305 e. The number of esters is 1. The molecule has 110 valence electrons. The number of carbonyl (C=O) groups excluding carboxylic acids is 1. The summed E-state index contributed by atoms with van der Waals surface area (Å²) >= 11 is 0. The first-order valence-electron chi connectivity index (χ1n) is 6.68. The number of rotatable bonds is 7. The van der Waals surface area contributed by atoms with Crippen molar-refractivity contribution in [2.75, 3.05) is 13.2 Å². The molecular weight excluding hydrogens is 259 g/mol. The summed E-state index contributed by atoms with van der Waals surface area (Å²) in [6.07, 6.45) is 0.816. The van der Waals surface area contributed by atoms with Crippen molar-refractivity contribution in [3.05, 3.63) is 41.7 Å². The zero-order chi connectivity index (χ0) is 15.1. The van der Waals surface area contributed by atoms with Gasteiger partial charge >= 0.3 is 5.97 Å². The van der Waals surface area contributed by atoms with Gasteiger partial charge in [-0.25, -0.2) is 4.39 Å². The van der Waals surface area contributed by atoms with Gasteiger partial charge in [-0.1, -0.05) is 19.6 Å². The molecule has 0 radical (unpaired) electrons. The van der Waals surface area contributed by atoms with Crippen LogP contribution in [0.15, 0.2) is 24.8 Å². The molecule has 0 aliphatic carbocycles. The van der Waals surface area contributed by atoms with E-state index in [9.17, 15) is 14.3 Å². The van der Waals surface area contributed by atoms with Gasteiger partial charge in [0.25, 0.3) is 0 Å². The Morgan fingerprint density at radius 3 is 2.75 bits per heavy atom. The molecule has 4 heteroatoms. The molecule has 1 aromatic carbocycles. The van der Waals surface area contributed by atoms with Crippen LogP contribution in [0.1, 0.15) is 30.9 Å². The van der Waals surface area contributed by atoms with Gasteiger partial charge < -0.3 is 9.84 Å². The van der Waals surface area contributed by atoms with Gasteiger partial charge in [0, 0.05) is 18.9 Å². The third-order valence-electron chi connectivity index (χ3n) is 3.13. The number of aliphatic hydroxyl groups excluding tert-OH is 1. The first-order valence-corrected chi connectivity index (χ1v) is 6.68. The Balaban J connectivity index is 2.64. The fourth-order valence-corrected chi connectivity index (χ4v) is 1.97. The lowest BCUT2D eigenvalue weighted by Gasteiger charge is -2.17. The highest BCUT2D eigenvalue weighted by Gasteiger charge is 2.14. The van der Waals surface area contributed by atoms with Crippen molar-refractivity contribution in [2.24, 2.45) is 5.92 Å². The van der Waals surface area contributed by atoms with E-state index in [0.717, 1.165) is 16.7 Å². The lowest BCUT2D eigenvalue weighted by Crippen LogP contribution is -2.17. The van der Waals surface area contributed by atoms with Gasteiger partial charge in [-0.3, -0.25) is 4.79 Å². The van der Waals surface area contributed by atoms with Crippen molar-refractivity contribution in [1.82, 2.24) is 0 Å². The fraction of sp³-hybridized carbons (Fsp3) is 0.438. The molecule has 3 nitrogen and oxygen atoms in total. The number of ether oxygens (including phenoxy) is 1. The molecule has 1 rings (SSSR count).